The maximum atomic E-state index is 2.43. The summed E-state index contributed by atoms with van der Waals surface area (Å²) in [6.45, 7) is 46.8. The van der Waals surface area contributed by atoms with Gasteiger partial charge in [-0.3, -0.25) is 0 Å². The van der Waals surface area contributed by atoms with Gasteiger partial charge in [0.1, 0.15) is 28.2 Å². The summed E-state index contributed by atoms with van der Waals surface area (Å²) in [6, 6.07) is 90.7. The Balaban J connectivity index is 0.000000114. The van der Waals surface area contributed by atoms with E-state index in [4.69, 9.17) is 0 Å². The van der Waals surface area contributed by atoms with Crippen molar-refractivity contribution in [2.75, 3.05) is 0 Å². The first-order chi connectivity index (χ1) is 57.0. The van der Waals surface area contributed by atoms with Gasteiger partial charge in [-0.15, -0.1) is 0 Å². The van der Waals surface area contributed by atoms with Gasteiger partial charge >= 0.3 is 0 Å². The molecular weight excluding hydrogens is 1450 g/mol. The van der Waals surface area contributed by atoms with Gasteiger partial charge in [-0.2, -0.15) is 0 Å². The summed E-state index contributed by atoms with van der Waals surface area (Å²) in [4.78, 5) is 0. The highest BCUT2D eigenvalue weighted by Crippen LogP contribution is 2.61. The average molecular weight is 1570 g/mol. The molecule has 0 spiro atoms. The molecule has 4 heteroatoms. The number of nitrogens with zero attached hydrogens (tertiary/aromatic N) is 4. The summed E-state index contributed by atoms with van der Waals surface area (Å²) >= 11 is 0. The Morgan fingerprint density at radius 3 is 1.04 bits per heavy atom. The molecule has 4 aromatic heterocycles. The molecule has 0 unspecified atom stereocenters. The Bertz CT molecular complexity index is 6900. The van der Waals surface area contributed by atoms with E-state index in [1.54, 1.807) is 0 Å². The van der Waals surface area contributed by atoms with Crippen LogP contribution in [0.5, 0.6) is 0 Å². The first-order valence-electron chi connectivity index (χ1n) is 43.6. The lowest BCUT2D eigenvalue weighted by Crippen LogP contribution is -2.44. The van der Waals surface area contributed by atoms with Crippen LogP contribution >= 0.6 is 0 Å². The fourth-order valence-electron chi connectivity index (χ4n) is 21.7. The van der Waals surface area contributed by atoms with Crippen molar-refractivity contribution in [2.45, 2.75) is 184 Å². The number of hydrogen-bond acceptors (Lipinski definition) is 0. The molecule has 0 aliphatic heterocycles. The normalized spacial score (nSPS) is 15.3. The minimum Gasteiger partial charge on any atom is -0.201 e. The van der Waals surface area contributed by atoms with Gasteiger partial charge in [0.15, 0.2) is 24.8 Å². The topological polar surface area (TPSA) is 15.5 Å². The fraction of sp³-hybridized carbons (Fsp3) is 0.276. The fourth-order valence-corrected chi connectivity index (χ4v) is 21.7. The molecule has 0 fully saturated rings. The summed E-state index contributed by atoms with van der Waals surface area (Å²) in [5.41, 5.74) is 44.1. The quantitative estimate of drug-likeness (QED) is 0.156. The molecule has 0 saturated carbocycles. The summed E-state index contributed by atoms with van der Waals surface area (Å²) in [6.07, 6.45) is 11.1. The lowest BCUT2D eigenvalue weighted by molar-refractivity contribution is -0.660. The monoisotopic (exact) mass is 1570 g/mol. The summed E-state index contributed by atoms with van der Waals surface area (Å²) in [7, 11) is 8.65. The van der Waals surface area contributed by atoms with Gasteiger partial charge in [0, 0.05) is 62.9 Å². The molecule has 20 rings (SSSR count). The van der Waals surface area contributed by atoms with Crippen LogP contribution in [-0.2, 0) is 73.5 Å². The molecule has 4 aliphatic rings. The van der Waals surface area contributed by atoms with Crippen LogP contribution in [0.4, 0.5) is 0 Å². The van der Waals surface area contributed by atoms with Gasteiger partial charge < -0.3 is 0 Å². The predicted molar refractivity (Wildman–Crippen MR) is 507 cm³/mol. The number of aryl methyl sites for hydroxylation is 12. The third-order valence-corrected chi connectivity index (χ3v) is 30.1. The van der Waals surface area contributed by atoms with Crippen molar-refractivity contribution in [1.29, 1.82) is 0 Å². The van der Waals surface area contributed by atoms with E-state index in [1.807, 2.05) is 0 Å². The highest BCUT2D eigenvalue weighted by molar-refractivity contribution is 6.05. The molecule has 0 radical (unpaired) electrons. The number of hydrogen-bond donors (Lipinski definition) is 0. The molecular formula is C116H120N4+4. The van der Waals surface area contributed by atoms with E-state index in [1.165, 1.54) is 222 Å². The summed E-state index contributed by atoms with van der Waals surface area (Å²) < 4.78 is 9.11. The molecule has 0 amide bonds. The van der Waals surface area contributed by atoms with Gasteiger partial charge in [-0.25, -0.2) is 18.3 Å². The van der Waals surface area contributed by atoms with Crippen molar-refractivity contribution in [3.8, 4) is 89.5 Å². The van der Waals surface area contributed by atoms with Crippen molar-refractivity contribution in [3.05, 3.63) is 356 Å². The minimum absolute atomic E-state index is 0.00114. The molecule has 0 atom stereocenters. The highest BCUT2D eigenvalue weighted by atomic mass is 14.9. The lowest BCUT2D eigenvalue weighted by atomic mass is 9.54. The van der Waals surface area contributed by atoms with Crippen LogP contribution < -0.4 is 18.3 Å². The molecule has 4 heterocycles. The molecule has 600 valence electrons. The minimum atomic E-state index is -0.0307. The van der Waals surface area contributed by atoms with E-state index in [9.17, 15) is 0 Å². The Kier molecular flexibility index (Phi) is 19.9. The Morgan fingerprint density at radius 2 is 0.575 bits per heavy atom. The van der Waals surface area contributed by atoms with E-state index >= 15 is 0 Å². The Morgan fingerprint density at radius 1 is 0.233 bits per heavy atom. The van der Waals surface area contributed by atoms with Gasteiger partial charge in [0.25, 0.3) is 0 Å². The van der Waals surface area contributed by atoms with Crippen LogP contribution in [-0.4, -0.2) is 0 Å². The first kappa shape index (κ1) is 80.7. The molecule has 4 nitrogen and oxygen atoms in total. The Hall–Kier alpha value is -11.7. The highest BCUT2D eigenvalue weighted by Gasteiger charge is 2.52. The second-order valence-corrected chi connectivity index (χ2v) is 38.8. The van der Waals surface area contributed by atoms with E-state index < -0.39 is 0 Å². The van der Waals surface area contributed by atoms with Gasteiger partial charge in [-0.05, 0) is 287 Å². The zero-order valence-corrected chi connectivity index (χ0v) is 75.6. The van der Waals surface area contributed by atoms with Gasteiger partial charge in [0.2, 0.25) is 22.8 Å². The standard InChI is InChI=1S/3C30H32N.C26H24N/c1-19-12-17-26(31(7)18-19)22-14-15-24-27-23-11-9-8-10-21(23)13-16-25(27)29(3,4)30(5,6)28(24)20(22)2;1-19-12-17-25(31(7)18-19)26-20(2)13-15-23-27-22-11-9-8-10-21(22)14-16-24(27)29(3,4)30(5,6)28(23)26;1-19-12-15-26(31(7)18-19)27-20(2)13-14-23-24-16-21-10-8-9-11-22(21)17-25(24)29(3,4)30(5,6)28(23)27;1-17-8-15-24(27(3)16-17)25-18(2)9-13-23-22(25)14-12-20-11-10-19-6-4-5-7-21(19)26(20)23/h3*8-18H,1-7H3;4-11,13,15-16H,12,14H2,1-3H3/q4*+1. The molecule has 4 aliphatic carbocycles. The van der Waals surface area contributed by atoms with E-state index in [2.05, 4.69) is 452 Å². The third kappa shape index (κ3) is 12.8. The molecule has 0 saturated heterocycles. The maximum Gasteiger partial charge on any atom is 0.212 e. The third-order valence-electron chi connectivity index (χ3n) is 30.1. The SMILES string of the molecule is Cc1ccc(-c2c(C)ccc3c2C(C)(C)C(C)(C)c2cc4ccccc4cc2-3)[n+](C)c1.Cc1ccc(-c2c(C)ccc3c2C(C)(C)C(C)(C)c2ccc4ccccc4c2-3)[n+](C)c1.Cc1ccc(-c2c(C)ccc3c2CCc2ccc4ccccc4c2-3)[n+](C)c1.Cc1ccc(-c2ccc3c(c2C)C(C)(C)C(C)(C)c2ccc4ccccc4c2-3)[n+](C)c1. The van der Waals surface area contributed by atoms with Crippen molar-refractivity contribution < 1.29 is 18.3 Å². The van der Waals surface area contributed by atoms with Gasteiger partial charge in [0.05, 0.1) is 16.7 Å². The van der Waals surface area contributed by atoms with Gasteiger partial charge in [-0.1, -0.05) is 259 Å². The number of benzene rings is 12. The van der Waals surface area contributed by atoms with Crippen LogP contribution in [0.25, 0.3) is 133 Å². The molecule has 120 heavy (non-hydrogen) atoms. The lowest BCUT2D eigenvalue weighted by Gasteiger charge is -2.49. The second-order valence-electron chi connectivity index (χ2n) is 38.8. The van der Waals surface area contributed by atoms with Crippen LogP contribution in [0.2, 0.25) is 0 Å². The number of aromatic nitrogens is 4. The summed E-state index contributed by atoms with van der Waals surface area (Å²) in [5.74, 6) is 0. The maximum absolute atomic E-state index is 2.43. The zero-order chi connectivity index (χ0) is 84.9. The molecule has 16 aromatic rings. The Labute approximate surface area is 714 Å². The molecule has 0 N–H and O–H groups in total. The zero-order valence-electron chi connectivity index (χ0n) is 75.6. The van der Waals surface area contributed by atoms with E-state index in [-0.39, 0.29) is 32.5 Å². The second kappa shape index (κ2) is 29.6. The van der Waals surface area contributed by atoms with Crippen LogP contribution in [0.3, 0.4) is 0 Å². The van der Waals surface area contributed by atoms with Crippen molar-refractivity contribution in [2.24, 2.45) is 28.2 Å². The largest absolute Gasteiger partial charge is 0.212 e. The number of pyridine rings is 4. The van der Waals surface area contributed by atoms with Crippen LogP contribution in [0, 0.1) is 55.4 Å². The molecule has 0 bridgehead atoms. The predicted octanol–water partition coefficient (Wildman–Crippen LogP) is 27.3. The van der Waals surface area contributed by atoms with Crippen molar-refractivity contribution >= 4 is 43.1 Å². The smallest absolute Gasteiger partial charge is 0.201 e. The summed E-state index contributed by atoms with van der Waals surface area (Å²) in [5, 5.41) is 10.7. The molecule has 12 aromatic carbocycles. The van der Waals surface area contributed by atoms with Crippen molar-refractivity contribution in [1.82, 2.24) is 0 Å². The van der Waals surface area contributed by atoms with E-state index in [0.717, 1.165) is 12.8 Å². The van der Waals surface area contributed by atoms with E-state index in [0.29, 0.717) is 0 Å². The number of rotatable bonds is 4. The van der Waals surface area contributed by atoms with Crippen LogP contribution in [0.15, 0.2) is 267 Å². The van der Waals surface area contributed by atoms with Crippen molar-refractivity contribution in [3.63, 3.8) is 0 Å². The number of fused-ring (bicyclic) bond motifs is 19. The average Bonchev–Trinajstić information content (AvgIpc) is 0.705. The first-order valence-corrected chi connectivity index (χ1v) is 43.6. The van der Waals surface area contributed by atoms with Crippen LogP contribution in [0.1, 0.15) is 172 Å².